The standard InChI is InChI=1S/C15H28O7/c1-15(2,3)10(17)6-4-5-7-21-14-13(20)12(19)11(18)9(8-16)22-14/h9,11-14,16,18-20H,4-8H2,1-3H3/t9?,11-,12+,13?,14+/m1/s1. The number of rotatable bonds is 7. The fraction of sp³-hybridized carbons (Fsp3) is 0.933. The van der Waals surface area contributed by atoms with Crippen LogP contribution in [0.5, 0.6) is 0 Å². The van der Waals surface area contributed by atoms with E-state index < -0.39 is 37.3 Å². The summed E-state index contributed by atoms with van der Waals surface area (Å²) in [5, 5.41) is 38.1. The van der Waals surface area contributed by atoms with Gasteiger partial charge in [0.05, 0.1) is 6.61 Å². The van der Waals surface area contributed by atoms with Crippen molar-refractivity contribution >= 4 is 5.78 Å². The lowest BCUT2D eigenvalue weighted by Gasteiger charge is -2.39. The molecule has 0 spiro atoms. The van der Waals surface area contributed by atoms with Crippen molar-refractivity contribution in [2.24, 2.45) is 5.41 Å². The SMILES string of the molecule is CC(C)(C)C(=O)CCCCO[C@H]1OC(CO)[C@@H](O)[C@H](O)C1O. The highest BCUT2D eigenvalue weighted by molar-refractivity contribution is 5.83. The summed E-state index contributed by atoms with van der Waals surface area (Å²) in [6.45, 7) is 5.39. The van der Waals surface area contributed by atoms with Crippen LogP contribution in [-0.2, 0) is 14.3 Å². The highest BCUT2D eigenvalue weighted by Gasteiger charge is 2.43. The van der Waals surface area contributed by atoms with Crippen LogP contribution in [0.3, 0.4) is 0 Å². The Labute approximate surface area is 130 Å². The third-order valence-corrected chi connectivity index (χ3v) is 3.77. The fourth-order valence-electron chi connectivity index (χ4n) is 2.17. The van der Waals surface area contributed by atoms with Gasteiger partial charge in [-0.1, -0.05) is 20.8 Å². The molecule has 2 unspecified atom stereocenters. The predicted octanol–water partition coefficient (Wildman–Crippen LogP) is -0.412. The number of aliphatic hydroxyl groups is 4. The zero-order chi connectivity index (χ0) is 16.9. The van der Waals surface area contributed by atoms with Crippen LogP contribution in [0.2, 0.25) is 0 Å². The molecule has 4 N–H and O–H groups in total. The maximum atomic E-state index is 11.7. The molecule has 130 valence electrons. The van der Waals surface area contributed by atoms with Crippen LogP contribution in [0.25, 0.3) is 0 Å². The average molecular weight is 320 g/mol. The van der Waals surface area contributed by atoms with Gasteiger partial charge in [0, 0.05) is 18.4 Å². The third kappa shape index (κ3) is 5.26. The van der Waals surface area contributed by atoms with Crippen molar-refractivity contribution in [1.29, 1.82) is 0 Å². The van der Waals surface area contributed by atoms with Crippen LogP contribution in [-0.4, -0.2) is 70.1 Å². The number of hydrogen-bond acceptors (Lipinski definition) is 7. The van der Waals surface area contributed by atoms with Crippen LogP contribution < -0.4 is 0 Å². The monoisotopic (exact) mass is 320 g/mol. The van der Waals surface area contributed by atoms with Crippen LogP contribution in [0.4, 0.5) is 0 Å². The molecule has 0 aromatic rings. The lowest BCUT2D eigenvalue weighted by Crippen LogP contribution is -2.59. The first-order valence-electron chi connectivity index (χ1n) is 7.64. The second-order valence-electron chi connectivity index (χ2n) is 6.70. The van der Waals surface area contributed by atoms with E-state index in [0.29, 0.717) is 19.3 Å². The summed E-state index contributed by atoms with van der Waals surface area (Å²) in [4.78, 5) is 11.7. The maximum absolute atomic E-state index is 11.7. The Hall–Kier alpha value is -0.570. The van der Waals surface area contributed by atoms with E-state index in [4.69, 9.17) is 14.6 Å². The molecule has 7 heteroatoms. The summed E-state index contributed by atoms with van der Waals surface area (Å²) in [6, 6.07) is 0. The largest absolute Gasteiger partial charge is 0.394 e. The van der Waals surface area contributed by atoms with Crippen LogP contribution in [0.15, 0.2) is 0 Å². The van der Waals surface area contributed by atoms with Crippen molar-refractivity contribution in [3.63, 3.8) is 0 Å². The maximum Gasteiger partial charge on any atom is 0.186 e. The average Bonchev–Trinajstić information content (AvgIpc) is 2.45. The number of unbranched alkanes of at least 4 members (excludes halogenated alkanes) is 1. The van der Waals surface area contributed by atoms with Gasteiger partial charge in [-0.05, 0) is 12.8 Å². The molecule has 1 saturated heterocycles. The fourth-order valence-corrected chi connectivity index (χ4v) is 2.17. The van der Waals surface area contributed by atoms with E-state index in [0.717, 1.165) is 0 Å². The molecule has 1 aliphatic heterocycles. The Balaban J connectivity index is 2.31. The van der Waals surface area contributed by atoms with E-state index in [2.05, 4.69) is 0 Å². The molecule has 7 nitrogen and oxygen atoms in total. The first kappa shape index (κ1) is 19.5. The van der Waals surface area contributed by atoms with E-state index in [1.54, 1.807) is 0 Å². The summed E-state index contributed by atoms with van der Waals surface area (Å²) >= 11 is 0. The molecular weight excluding hydrogens is 292 g/mol. The van der Waals surface area contributed by atoms with E-state index in [-0.39, 0.29) is 17.8 Å². The van der Waals surface area contributed by atoms with Gasteiger partial charge in [0.15, 0.2) is 6.29 Å². The normalized spacial score (nSPS) is 33.0. The molecule has 5 atom stereocenters. The summed E-state index contributed by atoms with van der Waals surface area (Å²) < 4.78 is 10.6. The first-order chi connectivity index (χ1) is 10.2. The van der Waals surface area contributed by atoms with Gasteiger partial charge in [-0.3, -0.25) is 4.79 Å². The van der Waals surface area contributed by atoms with E-state index in [1.807, 2.05) is 20.8 Å². The Kier molecular flexibility index (Phi) is 7.37. The van der Waals surface area contributed by atoms with Crippen molar-refractivity contribution < 1.29 is 34.7 Å². The molecule has 0 saturated carbocycles. The second-order valence-corrected chi connectivity index (χ2v) is 6.70. The Morgan fingerprint density at radius 2 is 1.73 bits per heavy atom. The molecule has 1 aliphatic rings. The van der Waals surface area contributed by atoms with Gasteiger partial charge in [0.25, 0.3) is 0 Å². The minimum atomic E-state index is -1.43. The molecule has 1 heterocycles. The summed E-state index contributed by atoms with van der Waals surface area (Å²) in [5.41, 5.74) is -0.349. The molecular formula is C15H28O7. The van der Waals surface area contributed by atoms with Crippen LogP contribution >= 0.6 is 0 Å². The van der Waals surface area contributed by atoms with Gasteiger partial charge >= 0.3 is 0 Å². The summed E-state index contributed by atoms with van der Waals surface area (Å²) in [5.74, 6) is 0.181. The number of hydrogen-bond donors (Lipinski definition) is 4. The van der Waals surface area contributed by atoms with Crippen molar-refractivity contribution in [2.75, 3.05) is 13.2 Å². The van der Waals surface area contributed by atoms with Gasteiger partial charge in [0.1, 0.15) is 30.2 Å². The molecule has 0 radical (unpaired) electrons. The number of ether oxygens (including phenoxy) is 2. The van der Waals surface area contributed by atoms with E-state index in [1.165, 1.54) is 0 Å². The predicted molar refractivity (Wildman–Crippen MR) is 78.0 cm³/mol. The van der Waals surface area contributed by atoms with Gasteiger partial charge in [-0.25, -0.2) is 0 Å². The highest BCUT2D eigenvalue weighted by atomic mass is 16.7. The van der Waals surface area contributed by atoms with Crippen molar-refractivity contribution in [3.8, 4) is 0 Å². The number of Topliss-reactive ketones (excluding diaryl/α,β-unsaturated/α-hetero) is 1. The van der Waals surface area contributed by atoms with Crippen molar-refractivity contribution in [3.05, 3.63) is 0 Å². The zero-order valence-corrected chi connectivity index (χ0v) is 13.4. The molecule has 0 aromatic heterocycles. The lowest BCUT2D eigenvalue weighted by atomic mass is 9.88. The van der Waals surface area contributed by atoms with Gasteiger partial charge < -0.3 is 29.9 Å². The van der Waals surface area contributed by atoms with Crippen molar-refractivity contribution in [1.82, 2.24) is 0 Å². The molecule has 0 aromatic carbocycles. The lowest BCUT2D eigenvalue weighted by molar-refractivity contribution is -0.301. The topological polar surface area (TPSA) is 116 Å². The smallest absolute Gasteiger partial charge is 0.186 e. The van der Waals surface area contributed by atoms with E-state index in [9.17, 15) is 20.1 Å². The second kappa shape index (κ2) is 8.33. The third-order valence-electron chi connectivity index (χ3n) is 3.77. The van der Waals surface area contributed by atoms with Crippen LogP contribution in [0.1, 0.15) is 40.0 Å². The minimum absolute atomic E-state index is 0.181. The molecule has 0 amide bonds. The number of ketones is 1. The minimum Gasteiger partial charge on any atom is -0.394 e. The zero-order valence-electron chi connectivity index (χ0n) is 13.4. The summed E-state index contributed by atoms with van der Waals surface area (Å²) in [7, 11) is 0. The molecule has 0 aliphatic carbocycles. The van der Waals surface area contributed by atoms with Gasteiger partial charge in [-0.2, -0.15) is 0 Å². The number of carbonyl (C=O) groups is 1. The number of carbonyl (C=O) groups excluding carboxylic acids is 1. The van der Waals surface area contributed by atoms with E-state index >= 15 is 0 Å². The van der Waals surface area contributed by atoms with Crippen molar-refractivity contribution in [2.45, 2.75) is 70.7 Å². The summed E-state index contributed by atoms with van der Waals surface area (Å²) in [6.07, 6.45) is -4.54. The first-order valence-corrected chi connectivity index (χ1v) is 7.64. The molecule has 22 heavy (non-hydrogen) atoms. The quantitative estimate of drug-likeness (QED) is 0.471. The molecule has 1 fully saturated rings. The van der Waals surface area contributed by atoms with Crippen LogP contribution in [0, 0.1) is 5.41 Å². The number of aliphatic hydroxyl groups excluding tert-OH is 4. The Bertz CT molecular complexity index is 350. The van der Waals surface area contributed by atoms with Gasteiger partial charge in [0.2, 0.25) is 0 Å². The molecule has 1 rings (SSSR count). The Morgan fingerprint density at radius 3 is 2.27 bits per heavy atom. The Morgan fingerprint density at radius 1 is 1.09 bits per heavy atom. The highest BCUT2D eigenvalue weighted by Crippen LogP contribution is 2.22. The van der Waals surface area contributed by atoms with Gasteiger partial charge in [-0.15, -0.1) is 0 Å². The molecule has 0 bridgehead atoms.